The number of halogens is 1. The summed E-state index contributed by atoms with van der Waals surface area (Å²) in [6, 6.07) is 11.5. The van der Waals surface area contributed by atoms with Gasteiger partial charge in [-0.1, -0.05) is 22.0 Å². The number of nitrogen functional groups attached to an aromatic ring is 1. The molecular weight excluding hydrogens is 328 g/mol. The SMILES string of the molecule is Cc1c(Br)cccc1C(=O)N1CCCc2cc(N)ccc21. The number of anilines is 2. The number of nitrogens with two attached hydrogens (primary N) is 1. The van der Waals surface area contributed by atoms with Gasteiger partial charge < -0.3 is 10.6 Å². The van der Waals surface area contributed by atoms with Crippen molar-refractivity contribution >= 4 is 33.2 Å². The second-order valence-corrected chi connectivity index (χ2v) is 6.22. The number of hydrogen-bond acceptors (Lipinski definition) is 2. The Morgan fingerprint density at radius 1 is 1.29 bits per heavy atom. The van der Waals surface area contributed by atoms with Crippen LogP contribution in [0, 0.1) is 6.92 Å². The highest BCUT2D eigenvalue weighted by Crippen LogP contribution is 2.31. The molecule has 0 radical (unpaired) electrons. The number of fused-ring (bicyclic) bond motifs is 1. The standard InChI is InChI=1S/C17H17BrN2O/c1-11-14(5-2-6-15(11)18)17(21)20-9-3-4-12-10-13(19)7-8-16(12)20/h2,5-8,10H,3-4,9,19H2,1H3. The molecule has 108 valence electrons. The number of aryl methyl sites for hydroxylation is 1. The fourth-order valence-electron chi connectivity index (χ4n) is 2.81. The Hall–Kier alpha value is -1.81. The number of nitrogens with zero attached hydrogens (tertiary/aromatic N) is 1. The molecule has 0 bridgehead atoms. The molecule has 0 unspecified atom stereocenters. The van der Waals surface area contributed by atoms with E-state index in [4.69, 9.17) is 5.73 Å². The molecule has 1 aliphatic heterocycles. The molecule has 0 saturated carbocycles. The molecule has 3 rings (SSSR count). The molecule has 2 N–H and O–H groups in total. The van der Waals surface area contributed by atoms with Crippen molar-refractivity contribution in [3.63, 3.8) is 0 Å². The first kappa shape index (κ1) is 14.1. The zero-order valence-electron chi connectivity index (χ0n) is 11.9. The maximum Gasteiger partial charge on any atom is 0.258 e. The minimum Gasteiger partial charge on any atom is -0.399 e. The van der Waals surface area contributed by atoms with E-state index in [1.54, 1.807) is 0 Å². The van der Waals surface area contributed by atoms with E-state index in [-0.39, 0.29) is 5.91 Å². The van der Waals surface area contributed by atoms with Crippen molar-refractivity contribution in [1.29, 1.82) is 0 Å². The lowest BCUT2D eigenvalue weighted by molar-refractivity contribution is 0.0984. The van der Waals surface area contributed by atoms with Gasteiger partial charge in [-0.3, -0.25) is 4.79 Å². The van der Waals surface area contributed by atoms with Crippen LogP contribution < -0.4 is 10.6 Å². The summed E-state index contributed by atoms with van der Waals surface area (Å²) in [6.07, 6.45) is 1.94. The van der Waals surface area contributed by atoms with Crippen LogP contribution in [-0.4, -0.2) is 12.5 Å². The van der Waals surface area contributed by atoms with E-state index in [1.165, 1.54) is 0 Å². The average Bonchev–Trinajstić information content (AvgIpc) is 2.48. The summed E-state index contributed by atoms with van der Waals surface area (Å²) < 4.78 is 0.961. The summed E-state index contributed by atoms with van der Waals surface area (Å²) in [7, 11) is 0. The highest BCUT2D eigenvalue weighted by atomic mass is 79.9. The monoisotopic (exact) mass is 344 g/mol. The molecule has 0 atom stereocenters. The van der Waals surface area contributed by atoms with Gasteiger partial charge in [0.15, 0.2) is 0 Å². The smallest absolute Gasteiger partial charge is 0.258 e. The molecule has 2 aromatic rings. The fraction of sp³-hybridized carbons (Fsp3) is 0.235. The van der Waals surface area contributed by atoms with Crippen LogP contribution in [0.2, 0.25) is 0 Å². The van der Waals surface area contributed by atoms with Crippen molar-refractivity contribution in [3.05, 3.63) is 57.6 Å². The predicted molar refractivity (Wildman–Crippen MR) is 89.7 cm³/mol. The van der Waals surface area contributed by atoms with E-state index in [1.807, 2.05) is 48.2 Å². The lowest BCUT2D eigenvalue weighted by atomic mass is 9.99. The Labute approximate surface area is 132 Å². The van der Waals surface area contributed by atoms with E-state index in [9.17, 15) is 4.79 Å². The molecule has 3 nitrogen and oxygen atoms in total. The van der Waals surface area contributed by atoms with Crippen molar-refractivity contribution in [3.8, 4) is 0 Å². The van der Waals surface area contributed by atoms with Gasteiger partial charge in [0.25, 0.3) is 5.91 Å². The van der Waals surface area contributed by atoms with Crippen LogP contribution in [0.5, 0.6) is 0 Å². The van der Waals surface area contributed by atoms with Gasteiger partial charge in [0.05, 0.1) is 0 Å². The van der Waals surface area contributed by atoms with Gasteiger partial charge in [0, 0.05) is 28.0 Å². The highest BCUT2D eigenvalue weighted by Gasteiger charge is 2.24. The topological polar surface area (TPSA) is 46.3 Å². The van der Waals surface area contributed by atoms with Crippen LogP contribution in [0.15, 0.2) is 40.9 Å². The van der Waals surface area contributed by atoms with Crippen molar-refractivity contribution in [2.75, 3.05) is 17.2 Å². The molecule has 1 amide bonds. The van der Waals surface area contributed by atoms with Crippen molar-refractivity contribution < 1.29 is 4.79 Å². The van der Waals surface area contributed by atoms with Crippen LogP contribution in [0.4, 0.5) is 11.4 Å². The number of benzene rings is 2. The van der Waals surface area contributed by atoms with E-state index in [0.29, 0.717) is 0 Å². The van der Waals surface area contributed by atoms with Crippen LogP contribution in [0.1, 0.15) is 27.9 Å². The Kier molecular flexibility index (Phi) is 3.72. The summed E-state index contributed by atoms with van der Waals surface area (Å²) in [6.45, 7) is 2.72. The third-order valence-electron chi connectivity index (χ3n) is 3.97. The normalized spacial score (nSPS) is 13.9. The molecule has 4 heteroatoms. The molecular formula is C17H17BrN2O. The van der Waals surface area contributed by atoms with Crippen LogP contribution in [-0.2, 0) is 6.42 Å². The maximum absolute atomic E-state index is 12.9. The zero-order valence-corrected chi connectivity index (χ0v) is 13.5. The number of carbonyl (C=O) groups is 1. The minimum absolute atomic E-state index is 0.0551. The van der Waals surface area contributed by atoms with E-state index >= 15 is 0 Å². The van der Waals surface area contributed by atoms with Crippen LogP contribution in [0.25, 0.3) is 0 Å². The van der Waals surface area contributed by atoms with Gasteiger partial charge in [0.2, 0.25) is 0 Å². The molecule has 1 heterocycles. The fourth-order valence-corrected chi connectivity index (χ4v) is 3.18. The van der Waals surface area contributed by atoms with Gasteiger partial charge >= 0.3 is 0 Å². The number of amides is 1. The van der Waals surface area contributed by atoms with Gasteiger partial charge in [0.1, 0.15) is 0 Å². The largest absolute Gasteiger partial charge is 0.399 e. The van der Waals surface area contributed by atoms with Gasteiger partial charge in [-0.2, -0.15) is 0 Å². The summed E-state index contributed by atoms with van der Waals surface area (Å²) in [4.78, 5) is 14.8. The number of carbonyl (C=O) groups excluding carboxylic acids is 1. The summed E-state index contributed by atoms with van der Waals surface area (Å²) >= 11 is 3.49. The minimum atomic E-state index is 0.0551. The number of hydrogen-bond donors (Lipinski definition) is 1. The van der Waals surface area contributed by atoms with Crippen molar-refractivity contribution in [1.82, 2.24) is 0 Å². The Morgan fingerprint density at radius 2 is 2.10 bits per heavy atom. The first-order chi connectivity index (χ1) is 10.1. The molecule has 0 saturated heterocycles. The third kappa shape index (κ3) is 2.56. The van der Waals surface area contributed by atoms with E-state index in [2.05, 4.69) is 15.9 Å². The molecule has 1 aliphatic rings. The van der Waals surface area contributed by atoms with Crippen LogP contribution >= 0.6 is 15.9 Å². The van der Waals surface area contributed by atoms with Gasteiger partial charge in [-0.25, -0.2) is 0 Å². The Balaban J connectivity index is 2.02. The first-order valence-electron chi connectivity index (χ1n) is 7.03. The summed E-state index contributed by atoms with van der Waals surface area (Å²) in [5, 5.41) is 0. The Bertz CT molecular complexity index is 712. The molecule has 0 spiro atoms. The highest BCUT2D eigenvalue weighted by molar-refractivity contribution is 9.10. The lowest BCUT2D eigenvalue weighted by Gasteiger charge is -2.30. The molecule has 0 fully saturated rings. The van der Waals surface area contributed by atoms with Gasteiger partial charge in [-0.05, 0) is 61.2 Å². The third-order valence-corrected chi connectivity index (χ3v) is 4.82. The molecule has 0 aliphatic carbocycles. The molecule has 0 aromatic heterocycles. The van der Waals surface area contributed by atoms with E-state index in [0.717, 1.165) is 51.9 Å². The quantitative estimate of drug-likeness (QED) is 0.796. The van der Waals surface area contributed by atoms with Gasteiger partial charge in [-0.15, -0.1) is 0 Å². The van der Waals surface area contributed by atoms with Crippen molar-refractivity contribution in [2.24, 2.45) is 0 Å². The second kappa shape index (κ2) is 5.53. The zero-order chi connectivity index (χ0) is 15.0. The Morgan fingerprint density at radius 3 is 2.90 bits per heavy atom. The first-order valence-corrected chi connectivity index (χ1v) is 7.82. The van der Waals surface area contributed by atoms with Crippen molar-refractivity contribution in [2.45, 2.75) is 19.8 Å². The summed E-state index contributed by atoms with van der Waals surface area (Å²) in [5.74, 6) is 0.0551. The average molecular weight is 345 g/mol. The second-order valence-electron chi connectivity index (χ2n) is 5.36. The molecule has 2 aromatic carbocycles. The summed E-state index contributed by atoms with van der Waals surface area (Å²) in [5.41, 5.74) is 10.5. The van der Waals surface area contributed by atoms with Crippen LogP contribution in [0.3, 0.4) is 0 Å². The molecule has 21 heavy (non-hydrogen) atoms. The van der Waals surface area contributed by atoms with E-state index < -0.39 is 0 Å². The number of rotatable bonds is 1. The maximum atomic E-state index is 12.9. The lowest BCUT2D eigenvalue weighted by Crippen LogP contribution is -2.35. The predicted octanol–water partition coefficient (Wildman–Crippen LogP) is 3.93.